The van der Waals surface area contributed by atoms with Gasteiger partial charge in [-0.1, -0.05) is 13.8 Å². The van der Waals surface area contributed by atoms with Crippen molar-refractivity contribution in [2.24, 2.45) is 0 Å². The van der Waals surface area contributed by atoms with Gasteiger partial charge in [0.15, 0.2) is 11.5 Å². The number of aromatic nitrogens is 4. The molecule has 2 N–H and O–H groups in total. The maximum atomic E-state index is 11.8. The fourth-order valence-electron chi connectivity index (χ4n) is 1.64. The SMILES string of the molecule is CC(C)c1nc(N)cc(-n2ccc(C(=O)N(C)C)n2)n1. The summed E-state index contributed by atoms with van der Waals surface area (Å²) in [6, 6.07) is 3.28. The van der Waals surface area contributed by atoms with Crippen LogP contribution in [0.5, 0.6) is 0 Å². The lowest BCUT2D eigenvalue weighted by Gasteiger charge is -2.08. The molecule has 0 saturated heterocycles. The van der Waals surface area contributed by atoms with Gasteiger partial charge >= 0.3 is 0 Å². The molecule has 0 spiro atoms. The molecule has 7 heteroatoms. The molecule has 7 nitrogen and oxygen atoms in total. The lowest BCUT2D eigenvalue weighted by atomic mass is 10.2. The minimum Gasteiger partial charge on any atom is -0.384 e. The molecule has 0 atom stereocenters. The van der Waals surface area contributed by atoms with Gasteiger partial charge in [-0.3, -0.25) is 4.79 Å². The zero-order valence-corrected chi connectivity index (χ0v) is 12.0. The van der Waals surface area contributed by atoms with Crippen LogP contribution in [-0.2, 0) is 0 Å². The summed E-state index contributed by atoms with van der Waals surface area (Å²) in [5, 5.41) is 4.22. The van der Waals surface area contributed by atoms with Crippen molar-refractivity contribution in [3.8, 4) is 5.82 Å². The number of nitrogens with zero attached hydrogens (tertiary/aromatic N) is 5. The topological polar surface area (TPSA) is 89.9 Å². The van der Waals surface area contributed by atoms with Crippen LogP contribution in [0.25, 0.3) is 5.82 Å². The summed E-state index contributed by atoms with van der Waals surface area (Å²) in [4.78, 5) is 21.9. The molecule has 0 aliphatic rings. The van der Waals surface area contributed by atoms with Gasteiger partial charge in [0.05, 0.1) is 0 Å². The van der Waals surface area contributed by atoms with Crippen molar-refractivity contribution in [1.82, 2.24) is 24.6 Å². The number of nitrogens with two attached hydrogens (primary N) is 1. The van der Waals surface area contributed by atoms with Crippen LogP contribution in [0.3, 0.4) is 0 Å². The minimum absolute atomic E-state index is 0.158. The van der Waals surface area contributed by atoms with E-state index >= 15 is 0 Å². The van der Waals surface area contributed by atoms with Crippen LogP contribution in [0.2, 0.25) is 0 Å². The van der Waals surface area contributed by atoms with E-state index in [4.69, 9.17) is 5.73 Å². The van der Waals surface area contributed by atoms with Crippen molar-refractivity contribution in [3.05, 3.63) is 29.8 Å². The number of amides is 1. The third-order valence-electron chi connectivity index (χ3n) is 2.72. The van der Waals surface area contributed by atoms with Gasteiger partial charge in [0.25, 0.3) is 5.91 Å². The first-order valence-corrected chi connectivity index (χ1v) is 6.30. The lowest BCUT2D eigenvalue weighted by Crippen LogP contribution is -2.22. The van der Waals surface area contributed by atoms with Crippen LogP contribution in [0.1, 0.15) is 36.1 Å². The van der Waals surface area contributed by atoms with E-state index < -0.39 is 0 Å². The molecule has 106 valence electrons. The second-order valence-electron chi connectivity index (χ2n) is 5.01. The summed E-state index contributed by atoms with van der Waals surface area (Å²) in [5.74, 6) is 1.59. The van der Waals surface area contributed by atoms with Crippen molar-refractivity contribution in [3.63, 3.8) is 0 Å². The van der Waals surface area contributed by atoms with Crippen molar-refractivity contribution < 1.29 is 4.79 Å². The van der Waals surface area contributed by atoms with E-state index in [1.807, 2.05) is 13.8 Å². The normalized spacial score (nSPS) is 10.8. The Kier molecular flexibility index (Phi) is 3.69. The monoisotopic (exact) mass is 274 g/mol. The number of carbonyl (C=O) groups excluding carboxylic acids is 1. The van der Waals surface area contributed by atoms with Crippen LogP contribution < -0.4 is 5.73 Å². The summed E-state index contributed by atoms with van der Waals surface area (Å²) < 4.78 is 1.53. The summed E-state index contributed by atoms with van der Waals surface area (Å²) in [5.41, 5.74) is 6.14. The molecule has 2 aromatic heterocycles. The Bertz CT molecular complexity index is 632. The average Bonchev–Trinajstić information content (AvgIpc) is 2.86. The molecule has 0 aliphatic heterocycles. The van der Waals surface area contributed by atoms with Crippen LogP contribution in [0.4, 0.5) is 5.82 Å². The molecular weight excluding hydrogens is 256 g/mol. The molecule has 0 unspecified atom stereocenters. The summed E-state index contributed by atoms with van der Waals surface area (Å²) in [7, 11) is 3.36. The Morgan fingerprint density at radius 3 is 2.65 bits per heavy atom. The Morgan fingerprint density at radius 2 is 2.05 bits per heavy atom. The number of carbonyl (C=O) groups is 1. The maximum absolute atomic E-state index is 11.8. The molecule has 0 bridgehead atoms. The van der Waals surface area contributed by atoms with Gasteiger partial charge in [-0.15, -0.1) is 0 Å². The van der Waals surface area contributed by atoms with Gasteiger partial charge in [-0.2, -0.15) is 5.10 Å². The van der Waals surface area contributed by atoms with Gasteiger partial charge in [0.2, 0.25) is 0 Å². The first-order chi connectivity index (χ1) is 9.38. The standard InChI is InChI=1S/C13H18N6O/c1-8(2)12-15-10(14)7-11(16-12)19-6-5-9(17-19)13(20)18(3)4/h5-8H,1-4H3,(H2,14,15,16). The van der Waals surface area contributed by atoms with E-state index in [1.165, 1.54) is 9.58 Å². The zero-order chi connectivity index (χ0) is 14.9. The highest BCUT2D eigenvalue weighted by molar-refractivity contribution is 5.91. The van der Waals surface area contributed by atoms with E-state index in [9.17, 15) is 4.79 Å². The predicted molar refractivity (Wildman–Crippen MR) is 75.7 cm³/mol. The Morgan fingerprint density at radius 1 is 1.35 bits per heavy atom. The predicted octanol–water partition coefficient (Wildman–Crippen LogP) is 1.07. The summed E-state index contributed by atoms with van der Waals surface area (Å²) in [6.45, 7) is 3.98. The molecule has 0 aromatic carbocycles. The number of rotatable bonds is 3. The van der Waals surface area contributed by atoms with Crippen LogP contribution in [0, 0.1) is 0 Å². The highest BCUT2D eigenvalue weighted by Gasteiger charge is 2.14. The van der Waals surface area contributed by atoms with Crippen molar-refractivity contribution in [2.45, 2.75) is 19.8 Å². The van der Waals surface area contributed by atoms with Crippen LogP contribution >= 0.6 is 0 Å². The Labute approximate surface area is 117 Å². The molecule has 2 heterocycles. The minimum atomic E-state index is -0.158. The zero-order valence-electron chi connectivity index (χ0n) is 12.0. The summed E-state index contributed by atoms with van der Waals surface area (Å²) >= 11 is 0. The molecule has 0 aliphatic carbocycles. The van der Waals surface area contributed by atoms with E-state index in [0.29, 0.717) is 23.2 Å². The third kappa shape index (κ3) is 2.76. The highest BCUT2D eigenvalue weighted by Crippen LogP contribution is 2.14. The Balaban J connectivity index is 2.40. The molecule has 0 saturated carbocycles. The maximum Gasteiger partial charge on any atom is 0.273 e. The third-order valence-corrected chi connectivity index (χ3v) is 2.72. The van der Waals surface area contributed by atoms with Gasteiger partial charge in [-0.25, -0.2) is 14.6 Å². The number of anilines is 1. The van der Waals surface area contributed by atoms with Crippen LogP contribution in [-0.4, -0.2) is 44.7 Å². The molecule has 0 radical (unpaired) electrons. The van der Waals surface area contributed by atoms with Gasteiger partial charge in [-0.05, 0) is 6.07 Å². The van der Waals surface area contributed by atoms with E-state index in [2.05, 4.69) is 15.1 Å². The fraction of sp³-hybridized carbons (Fsp3) is 0.385. The van der Waals surface area contributed by atoms with Gasteiger partial charge in [0.1, 0.15) is 11.6 Å². The highest BCUT2D eigenvalue weighted by atomic mass is 16.2. The number of nitrogen functional groups attached to an aromatic ring is 1. The van der Waals surface area contributed by atoms with Crippen molar-refractivity contribution >= 4 is 11.7 Å². The molecule has 2 aromatic rings. The smallest absolute Gasteiger partial charge is 0.273 e. The average molecular weight is 274 g/mol. The van der Waals surface area contributed by atoms with Crippen molar-refractivity contribution in [2.75, 3.05) is 19.8 Å². The largest absolute Gasteiger partial charge is 0.384 e. The number of hydrogen-bond acceptors (Lipinski definition) is 5. The quantitative estimate of drug-likeness (QED) is 0.904. The van der Waals surface area contributed by atoms with E-state index in [-0.39, 0.29) is 11.8 Å². The van der Waals surface area contributed by atoms with Gasteiger partial charge in [0, 0.05) is 32.3 Å². The molecule has 2 rings (SSSR count). The molecule has 1 amide bonds. The number of hydrogen-bond donors (Lipinski definition) is 1. The summed E-state index contributed by atoms with van der Waals surface area (Å²) in [6.07, 6.45) is 1.68. The van der Waals surface area contributed by atoms with Crippen LogP contribution in [0.15, 0.2) is 18.3 Å². The first-order valence-electron chi connectivity index (χ1n) is 6.30. The van der Waals surface area contributed by atoms with Crippen molar-refractivity contribution in [1.29, 1.82) is 0 Å². The first kappa shape index (κ1) is 14.0. The van der Waals surface area contributed by atoms with E-state index in [0.717, 1.165) is 0 Å². The second kappa shape index (κ2) is 5.28. The Hall–Kier alpha value is -2.44. The van der Waals surface area contributed by atoms with Gasteiger partial charge < -0.3 is 10.6 Å². The lowest BCUT2D eigenvalue weighted by molar-refractivity contribution is 0.0821. The molecule has 20 heavy (non-hydrogen) atoms. The second-order valence-corrected chi connectivity index (χ2v) is 5.01. The molecular formula is C13H18N6O. The van der Waals surface area contributed by atoms with E-state index in [1.54, 1.807) is 32.4 Å². The molecule has 0 fully saturated rings. The fourth-order valence-corrected chi connectivity index (χ4v) is 1.64.